The molecule has 0 aliphatic heterocycles. The third kappa shape index (κ3) is 2.91. The predicted octanol–water partition coefficient (Wildman–Crippen LogP) is -0.768. The molecule has 0 amide bonds. The Morgan fingerprint density at radius 3 is 2.10 bits per heavy atom. The smallest absolute Gasteiger partial charge is 0.285 e. The van der Waals surface area contributed by atoms with Gasteiger partial charge < -0.3 is 20.1 Å². The van der Waals surface area contributed by atoms with Crippen LogP contribution in [0.15, 0.2) is 0 Å². The van der Waals surface area contributed by atoms with Crippen LogP contribution in [0.25, 0.3) is 0 Å². The van der Waals surface area contributed by atoms with Crippen LogP contribution in [0.1, 0.15) is 19.8 Å². The molecule has 0 radical (unpaired) electrons. The number of hydrogen-bond donors (Lipinski definition) is 3. The molecule has 0 aromatic rings. The van der Waals surface area contributed by atoms with E-state index in [1.165, 1.54) is 0 Å². The molecule has 10 heavy (non-hydrogen) atoms. The van der Waals surface area contributed by atoms with Gasteiger partial charge in [0.15, 0.2) is 0 Å². The average molecular weight is 148 g/mol. The van der Waals surface area contributed by atoms with Crippen LogP contribution in [0.4, 0.5) is 0 Å². The molecule has 0 bridgehead atoms. The van der Waals surface area contributed by atoms with Gasteiger partial charge in [-0.15, -0.1) is 0 Å². The van der Waals surface area contributed by atoms with Crippen molar-refractivity contribution >= 4 is 6.29 Å². The van der Waals surface area contributed by atoms with Gasteiger partial charge >= 0.3 is 0 Å². The van der Waals surface area contributed by atoms with Crippen molar-refractivity contribution in [3.63, 3.8) is 0 Å². The van der Waals surface area contributed by atoms with E-state index < -0.39 is 11.9 Å². The largest absolute Gasteiger partial charge is 0.343 e. The van der Waals surface area contributed by atoms with Crippen LogP contribution in [0.5, 0.6) is 0 Å². The predicted molar refractivity (Wildman–Crippen MR) is 33.8 cm³/mol. The van der Waals surface area contributed by atoms with Crippen LogP contribution in [-0.4, -0.2) is 27.6 Å². The molecule has 0 aromatic heterocycles. The zero-order chi connectivity index (χ0) is 8.20. The van der Waals surface area contributed by atoms with Crippen LogP contribution in [0, 0.1) is 5.92 Å². The van der Waals surface area contributed by atoms with Crippen LogP contribution < -0.4 is 0 Å². The summed E-state index contributed by atoms with van der Waals surface area (Å²) in [5.74, 6) is -3.95. The molecule has 4 nitrogen and oxygen atoms in total. The summed E-state index contributed by atoms with van der Waals surface area (Å²) in [4.78, 5) is 10.1. The Morgan fingerprint density at radius 1 is 1.50 bits per heavy atom. The number of carbonyl (C=O) groups is 1. The van der Waals surface area contributed by atoms with E-state index >= 15 is 0 Å². The normalized spacial score (nSPS) is 14.8. The highest BCUT2D eigenvalue weighted by atomic mass is 16.7. The number of carbonyl (C=O) groups excluding carboxylic acids is 1. The number of aldehydes is 1. The summed E-state index contributed by atoms with van der Waals surface area (Å²) >= 11 is 0. The zero-order valence-corrected chi connectivity index (χ0v) is 5.82. The Labute approximate surface area is 59.1 Å². The third-order valence-electron chi connectivity index (χ3n) is 1.26. The number of rotatable bonds is 4. The monoisotopic (exact) mass is 148 g/mol. The Kier molecular flexibility index (Phi) is 3.49. The Balaban J connectivity index is 3.93. The summed E-state index contributed by atoms with van der Waals surface area (Å²) in [6.07, 6.45) is 1.23. The quantitative estimate of drug-likeness (QED) is 0.361. The molecule has 0 spiro atoms. The molecule has 0 fully saturated rings. The van der Waals surface area contributed by atoms with E-state index in [-0.39, 0.29) is 6.42 Å². The van der Waals surface area contributed by atoms with Crippen molar-refractivity contribution in [1.29, 1.82) is 0 Å². The van der Waals surface area contributed by atoms with Gasteiger partial charge in [0, 0.05) is 0 Å². The summed E-state index contributed by atoms with van der Waals surface area (Å²) in [5, 5.41) is 25.5. The summed E-state index contributed by atoms with van der Waals surface area (Å²) < 4.78 is 0. The fourth-order valence-electron chi connectivity index (χ4n) is 0.664. The van der Waals surface area contributed by atoms with Crippen molar-refractivity contribution in [3.05, 3.63) is 0 Å². The van der Waals surface area contributed by atoms with Crippen LogP contribution in [-0.2, 0) is 4.79 Å². The van der Waals surface area contributed by atoms with Crippen molar-refractivity contribution < 1.29 is 20.1 Å². The minimum atomic E-state index is -2.85. The molecular weight excluding hydrogens is 136 g/mol. The highest BCUT2D eigenvalue weighted by Crippen LogP contribution is 2.14. The second-order valence-corrected chi connectivity index (χ2v) is 2.22. The standard InChI is InChI=1S/C6H12O4/c1-2-3-5(4-7)6(8,9)10/h4-5,8-10H,2-3H2,1H3. The van der Waals surface area contributed by atoms with Gasteiger partial charge in [-0.1, -0.05) is 13.3 Å². The van der Waals surface area contributed by atoms with E-state index in [1.807, 2.05) is 0 Å². The van der Waals surface area contributed by atoms with Gasteiger partial charge in [-0.3, -0.25) is 0 Å². The van der Waals surface area contributed by atoms with Crippen LogP contribution in [0.3, 0.4) is 0 Å². The molecule has 0 saturated heterocycles. The lowest BCUT2D eigenvalue weighted by Gasteiger charge is -2.19. The maximum atomic E-state index is 10.1. The number of hydrogen-bond acceptors (Lipinski definition) is 4. The molecule has 4 heteroatoms. The van der Waals surface area contributed by atoms with Gasteiger partial charge in [0.05, 0.1) is 5.92 Å². The maximum Gasteiger partial charge on any atom is 0.285 e. The van der Waals surface area contributed by atoms with E-state index in [1.54, 1.807) is 6.92 Å². The van der Waals surface area contributed by atoms with Crippen LogP contribution in [0.2, 0.25) is 0 Å². The summed E-state index contributed by atoms with van der Waals surface area (Å²) in [5.41, 5.74) is 0. The molecule has 0 aliphatic rings. The van der Waals surface area contributed by atoms with Crippen LogP contribution >= 0.6 is 0 Å². The maximum absolute atomic E-state index is 10.1. The highest BCUT2D eigenvalue weighted by Gasteiger charge is 2.30. The lowest BCUT2D eigenvalue weighted by atomic mass is 10.0. The van der Waals surface area contributed by atoms with Crippen molar-refractivity contribution in [1.82, 2.24) is 0 Å². The van der Waals surface area contributed by atoms with Gasteiger partial charge in [-0.25, -0.2) is 0 Å². The molecule has 60 valence electrons. The van der Waals surface area contributed by atoms with Gasteiger partial charge in [-0.2, -0.15) is 0 Å². The number of aliphatic hydroxyl groups is 3. The molecule has 1 unspecified atom stereocenters. The molecule has 0 heterocycles. The van der Waals surface area contributed by atoms with E-state index in [9.17, 15) is 4.79 Å². The first kappa shape index (κ1) is 9.55. The molecular formula is C6H12O4. The third-order valence-corrected chi connectivity index (χ3v) is 1.26. The first-order chi connectivity index (χ1) is 4.52. The van der Waals surface area contributed by atoms with E-state index in [4.69, 9.17) is 15.3 Å². The zero-order valence-electron chi connectivity index (χ0n) is 5.82. The fourth-order valence-corrected chi connectivity index (χ4v) is 0.664. The Bertz CT molecular complexity index is 105. The second-order valence-electron chi connectivity index (χ2n) is 2.22. The minimum Gasteiger partial charge on any atom is -0.343 e. The summed E-state index contributed by atoms with van der Waals surface area (Å²) in [7, 11) is 0. The molecule has 0 aromatic carbocycles. The van der Waals surface area contributed by atoms with E-state index in [0.29, 0.717) is 12.7 Å². The second kappa shape index (κ2) is 3.65. The molecule has 3 N–H and O–H groups in total. The first-order valence-corrected chi connectivity index (χ1v) is 3.14. The lowest BCUT2D eigenvalue weighted by Crippen LogP contribution is -2.38. The van der Waals surface area contributed by atoms with Gasteiger partial charge in [-0.05, 0) is 6.42 Å². The van der Waals surface area contributed by atoms with Gasteiger partial charge in [0.2, 0.25) is 0 Å². The van der Waals surface area contributed by atoms with Crippen molar-refractivity contribution in [3.8, 4) is 0 Å². The molecule has 1 atom stereocenters. The Hall–Kier alpha value is -0.450. The van der Waals surface area contributed by atoms with Crippen molar-refractivity contribution in [2.24, 2.45) is 5.92 Å². The Morgan fingerprint density at radius 2 is 2.00 bits per heavy atom. The fraction of sp³-hybridized carbons (Fsp3) is 0.833. The molecule has 0 saturated carbocycles. The molecule has 0 aliphatic carbocycles. The highest BCUT2D eigenvalue weighted by molar-refractivity contribution is 5.54. The van der Waals surface area contributed by atoms with Crippen molar-refractivity contribution in [2.45, 2.75) is 25.7 Å². The van der Waals surface area contributed by atoms with Gasteiger partial charge in [0.25, 0.3) is 5.97 Å². The first-order valence-electron chi connectivity index (χ1n) is 3.14. The minimum absolute atomic E-state index is 0.271. The van der Waals surface area contributed by atoms with Crippen molar-refractivity contribution in [2.75, 3.05) is 0 Å². The van der Waals surface area contributed by atoms with E-state index in [0.717, 1.165) is 0 Å². The lowest BCUT2D eigenvalue weighted by molar-refractivity contribution is -0.333. The average Bonchev–Trinajstić information content (AvgIpc) is 1.80. The summed E-state index contributed by atoms with van der Waals surface area (Å²) in [6.45, 7) is 1.78. The summed E-state index contributed by atoms with van der Waals surface area (Å²) in [6, 6.07) is 0. The van der Waals surface area contributed by atoms with Gasteiger partial charge in [0.1, 0.15) is 6.29 Å². The topological polar surface area (TPSA) is 77.8 Å². The molecule has 0 rings (SSSR count). The SMILES string of the molecule is CCCC(C=O)C(O)(O)O. The van der Waals surface area contributed by atoms with E-state index in [2.05, 4.69) is 0 Å².